The third kappa shape index (κ3) is 0.424. The summed E-state index contributed by atoms with van der Waals surface area (Å²) in [6.45, 7) is 2.64. The largest absolute Gasteiger partial charge is 0.326 e. The molecule has 0 aromatic carbocycles. The fraction of sp³-hybridized carbons (Fsp3) is 1.00. The lowest BCUT2D eigenvalue weighted by molar-refractivity contribution is 0.218. The van der Waals surface area contributed by atoms with Gasteiger partial charge in [-0.25, -0.2) is 0 Å². The molecule has 2 heterocycles. The van der Waals surface area contributed by atoms with E-state index < -0.39 is 0 Å². The fourth-order valence-corrected chi connectivity index (χ4v) is 2.91. The number of nitrogens with zero attached hydrogens (tertiary/aromatic N) is 1. The summed E-state index contributed by atoms with van der Waals surface area (Å²) in [6.07, 6.45) is 4.12. The van der Waals surface area contributed by atoms with Crippen molar-refractivity contribution >= 4 is 0 Å². The van der Waals surface area contributed by atoms with Gasteiger partial charge >= 0.3 is 0 Å². The summed E-state index contributed by atoms with van der Waals surface area (Å²) in [5, 5.41) is 0. The first kappa shape index (κ1) is 5.56. The highest BCUT2D eigenvalue weighted by atomic mass is 15.3. The maximum atomic E-state index is 6.12. The monoisotopic (exact) mass is 138 g/mol. The number of hydrogen-bond donors (Lipinski definition) is 1. The first-order chi connectivity index (χ1) is 4.83. The van der Waals surface area contributed by atoms with E-state index in [1.54, 1.807) is 0 Å². The fourth-order valence-electron chi connectivity index (χ4n) is 2.91. The van der Waals surface area contributed by atoms with Crippen molar-refractivity contribution in [2.45, 2.75) is 30.8 Å². The van der Waals surface area contributed by atoms with Crippen molar-refractivity contribution in [2.24, 2.45) is 11.7 Å². The van der Waals surface area contributed by atoms with E-state index in [-0.39, 0.29) is 0 Å². The van der Waals surface area contributed by atoms with Crippen LogP contribution in [-0.4, -0.2) is 29.6 Å². The Bertz CT molecular complexity index is 170. The summed E-state index contributed by atoms with van der Waals surface area (Å²) >= 11 is 0. The van der Waals surface area contributed by atoms with Crippen molar-refractivity contribution in [3.05, 3.63) is 0 Å². The van der Waals surface area contributed by atoms with E-state index in [1.807, 2.05) is 0 Å². The van der Waals surface area contributed by atoms with E-state index in [4.69, 9.17) is 5.73 Å². The predicted octanol–water partition coefficient (Wildman–Crippen LogP) is 0.182. The molecule has 1 aliphatic carbocycles. The molecule has 2 nitrogen and oxygen atoms in total. The van der Waals surface area contributed by atoms with Gasteiger partial charge in [0, 0.05) is 18.1 Å². The molecule has 0 aromatic rings. The van der Waals surface area contributed by atoms with Gasteiger partial charge in [-0.2, -0.15) is 0 Å². The lowest BCUT2D eigenvalue weighted by Gasteiger charge is -2.29. The summed E-state index contributed by atoms with van der Waals surface area (Å²) in [7, 11) is 0. The summed E-state index contributed by atoms with van der Waals surface area (Å²) in [4.78, 5) is 2.63. The third-order valence-electron chi connectivity index (χ3n) is 3.75. The molecular formula is C8H14N2. The summed E-state index contributed by atoms with van der Waals surface area (Å²) < 4.78 is 0. The highest BCUT2D eigenvalue weighted by molar-refractivity contribution is 5.19. The molecule has 3 atom stereocenters. The van der Waals surface area contributed by atoms with Crippen LogP contribution in [0.15, 0.2) is 0 Å². The van der Waals surface area contributed by atoms with Gasteiger partial charge in [-0.05, 0) is 31.7 Å². The standard InChI is InChI=1S/C8H14N2/c9-7-6-1-4-10(5-6)8(7)2-3-8/h6-7H,1-5,9H2/t6?,7-/m1/s1. The number of fused-ring (bicyclic) bond motifs is 3. The van der Waals surface area contributed by atoms with E-state index in [9.17, 15) is 0 Å². The summed E-state index contributed by atoms with van der Waals surface area (Å²) in [5.74, 6) is 0.850. The lowest BCUT2D eigenvalue weighted by Crippen LogP contribution is -2.46. The highest BCUT2D eigenvalue weighted by Gasteiger charge is 2.61. The Morgan fingerprint density at radius 3 is 2.60 bits per heavy atom. The van der Waals surface area contributed by atoms with Crippen LogP contribution < -0.4 is 5.73 Å². The number of hydrogen-bond acceptors (Lipinski definition) is 2. The maximum absolute atomic E-state index is 6.12. The molecule has 2 bridgehead atoms. The van der Waals surface area contributed by atoms with Crippen molar-refractivity contribution in [2.75, 3.05) is 13.1 Å². The van der Waals surface area contributed by atoms with Crippen LogP contribution in [0.25, 0.3) is 0 Å². The molecule has 3 fully saturated rings. The van der Waals surface area contributed by atoms with Crippen molar-refractivity contribution in [1.29, 1.82) is 0 Å². The Balaban J connectivity index is 1.99. The first-order valence-electron chi connectivity index (χ1n) is 4.34. The van der Waals surface area contributed by atoms with Gasteiger partial charge in [0.2, 0.25) is 0 Å². The minimum atomic E-state index is 0.529. The van der Waals surface area contributed by atoms with Crippen LogP contribution >= 0.6 is 0 Å². The molecule has 2 saturated heterocycles. The van der Waals surface area contributed by atoms with Crippen LogP contribution in [0.3, 0.4) is 0 Å². The average molecular weight is 138 g/mol. The zero-order valence-corrected chi connectivity index (χ0v) is 6.21. The smallest absolute Gasteiger partial charge is 0.0365 e. The Labute approximate surface area is 61.4 Å². The normalized spacial score (nSPS) is 54.3. The molecule has 1 spiro atoms. The highest BCUT2D eigenvalue weighted by Crippen LogP contribution is 2.54. The quantitative estimate of drug-likeness (QED) is 0.517. The minimum absolute atomic E-state index is 0.529. The predicted molar refractivity (Wildman–Crippen MR) is 39.6 cm³/mol. The van der Waals surface area contributed by atoms with Gasteiger partial charge in [0.25, 0.3) is 0 Å². The molecule has 0 amide bonds. The van der Waals surface area contributed by atoms with E-state index in [0.29, 0.717) is 11.6 Å². The minimum Gasteiger partial charge on any atom is -0.326 e. The van der Waals surface area contributed by atoms with Gasteiger partial charge in [0.05, 0.1) is 0 Å². The second-order valence-corrected chi connectivity index (χ2v) is 4.12. The van der Waals surface area contributed by atoms with Crippen LogP contribution in [0.2, 0.25) is 0 Å². The van der Waals surface area contributed by atoms with Gasteiger partial charge in [0.1, 0.15) is 0 Å². The molecule has 0 aromatic heterocycles. The van der Waals surface area contributed by atoms with Crippen LogP contribution in [0.1, 0.15) is 19.3 Å². The molecule has 3 rings (SSSR count). The van der Waals surface area contributed by atoms with Crippen molar-refractivity contribution in [3.63, 3.8) is 0 Å². The second kappa shape index (κ2) is 1.41. The average Bonchev–Trinajstić information content (AvgIpc) is 2.51. The van der Waals surface area contributed by atoms with E-state index >= 15 is 0 Å². The second-order valence-electron chi connectivity index (χ2n) is 4.12. The molecule has 3 aliphatic rings. The van der Waals surface area contributed by atoms with Gasteiger partial charge in [-0.15, -0.1) is 0 Å². The zero-order chi connectivity index (χ0) is 6.77. The first-order valence-corrected chi connectivity index (χ1v) is 4.34. The van der Waals surface area contributed by atoms with Crippen LogP contribution in [-0.2, 0) is 0 Å². The Morgan fingerprint density at radius 1 is 1.40 bits per heavy atom. The Kier molecular flexibility index (Phi) is 0.783. The number of rotatable bonds is 0. The SMILES string of the molecule is N[C@@H]1C2CCN(C2)C12CC2. The summed E-state index contributed by atoms with van der Waals surface area (Å²) in [6, 6.07) is 0.529. The van der Waals surface area contributed by atoms with Crippen LogP contribution in [0, 0.1) is 5.92 Å². The Hall–Kier alpha value is -0.0800. The topological polar surface area (TPSA) is 29.3 Å². The molecule has 2 N–H and O–H groups in total. The van der Waals surface area contributed by atoms with Gasteiger partial charge in [-0.1, -0.05) is 0 Å². The molecule has 2 heteroatoms. The summed E-state index contributed by atoms with van der Waals surface area (Å²) in [5.41, 5.74) is 6.65. The van der Waals surface area contributed by atoms with E-state index in [1.165, 1.54) is 32.4 Å². The van der Waals surface area contributed by atoms with Crippen molar-refractivity contribution < 1.29 is 0 Å². The number of piperidine rings is 1. The van der Waals surface area contributed by atoms with Crippen LogP contribution in [0.5, 0.6) is 0 Å². The molecule has 2 unspecified atom stereocenters. The molecular weight excluding hydrogens is 124 g/mol. The van der Waals surface area contributed by atoms with Crippen LogP contribution in [0.4, 0.5) is 0 Å². The van der Waals surface area contributed by atoms with E-state index in [0.717, 1.165) is 5.92 Å². The molecule has 0 radical (unpaired) electrons. The molecule has 10 heavy (non-hydrogen) atoms. The van der Waals surface area contributed by atoms with Gasteiger partial charge in [0.15, 0.2) is 0 Å². The third-order valence-corrected chi connectivity index (χ3v) is 3.75. The van der Waals surface area contributed by atoms with Crippen molar-refractivity contribution in [1.82, 2.24) is 4.90 Å². The maximum Gasteiger partial charge on any atom is 0.0365 e. The van der Waals surface area contributed by atoms with Gasteiger partial charge < -0.3 is 5.73 Å². The molecule has 1 saturated carbocycles. The lowest BCUT2D eigenvalue weighted by atomic mass is 9.93. The van der Waals surface area contributed by atoms with Crippen molar-refractivity contribution in [3.8, 4) is 0 Å². The molecule has 2 aliphatic heterocycles. The Morgan fingerprint density at radius 2 is 2.20 bits per heavy atom. The molecule has 56 valence electrons. The number of nitrogens with two attached hydrogens (primary N) is 1. The van der Waals surface area contributed by atoms with E-state index in [2.05, 4.69) is 4.90 Å². The van der Waals surface area contributed by atoms with Gasteiger partial charge in [-0.3, -0.25) is 4.90 Å². The zero-order valence-electron chi connectivity index (χ0n) is 6.21.